The molecule has 0 spiro atoms. The highest BCUT2D eigenvalue weighted by atomic mass is 16.5. The third-order valence-corrected chi connectivity index (χ3v) is 2.87. The lowest BCUT2D eigenvalue weighted by Gasteiger charge is -2.12. The third kappa shape index (κ3) is 3.72. The zero-order valence-corrected chi connectivity index (χ0v) is 12.8. The summed E-state index contributed by atoms with van der Waals surface area (Å²) in [6.07, 6.45) is 1.33. The van der Waals surface area contributed by atoms with E-state index in [9.17, 15) is 9.90 Å². The monoisotopic (exact) mass is 301 g/mol. The van der Waals surface area contributed by atoms with Gasteiger partial charge in [0.2, 0.25) is 0 Å². The molecule has 0 aliphatic carbocycles. The first-order valence-electron chi connectivity index (χ1n) is 7.11. The maximum absolute atomic E-state index is 11.2. The van der Waals surface area contributed by atoms with Gasteiger partial charge in [0.25, 0.3) is 0 Å². The Labute approximate surface area is 129 Å². The molecule has 22 heavy (non-hydrogen) atoms. The second kappa shape index (κ2) is 6.89. The number of carboxylic acid groups (broad SMARTS) is 1. The quantitative estimate of drug-likeness (QED) is 0.853. The zero-order chi connectivity index (χ0) is 16.1. The molecular formula is C16H19N3O3. The van der Waals surface area contributed by atoms with E-state index < -0.39 is 5.97 Å². The molecule has 0 atom stereocenters. The Morgan fingerprint density at radius 1 is 1.32 bits per heavy atom. The molecule has 0 aliphatic rings. The summed E-state index contributed by atoms with van der Waals surface area (Å²) in [5.41, 5.74) is 0.857. The van der Waals surface area contributed by atoms with Gasteiger partial charge in [-0.15, -0.1) is 0 Å². The summed E-state index contributed by atoms with van der Waals surface area (Å²) < 4.78 is 5.39. The fraction of sp³-hybridized carbons (Fsp3) is 0.312. The molecule has 0 saturated carbocycles. The number of ether oxygens (including phenoxy) is 1. The van der Waals surface area contributed by atoms with Crippen molar-refractivity contribution in [2.45, 2.75) is 26.8 Å². The summed E-state index contributed by atoms with van der Waals surface area (Å²) in [4.78, 5) is 19.7. The van der Waals surface area contributed by atoms with Gasteiger partial charge < -0.3 is 15.2 Å². The van der Waals surface area contributed by atoms with Crippen molar-refractivity contribution in [3.8, 4) is 17.1 Å². The molecule has 2 N–H and O–H groups in total. The van der Waals surface area contributed by atoms with Crippen LogP contribution in [0, 0.1) is 0 Å². The smallest absolute Gasteiger partial charge is 0.341 e. The van der Waals surface area contributed by atoms with Crippen molar-refractivity contribution < 1.29 is 14.6 Å². The summed E-state index contributed by atoms with van der Waals surface area (Å²) in [7, 11) is 0. The lowest BCUT2D eigenvalue weighted by atomic mass is 10.2. The highest BCUT2D eigenvalue weighted by Gasteiger charge is 2.15. The predicted molar refractivity (Wildman–Crippen MR) is 84.4 cm³/mol. The number of hydrogen-bond acceptors (Lipinski definition) is 5. The van der Waals surface area contributed by atoms with E-state index >= 15 is 0 Å². The van der Waals surface area contributed by atoms with Crippen molar-refractivity contribution in [3.05, 3.63) is 36.0 Å². The van der Waals surface area contributed by atoms with Crippen molar-refractivity contribution in [2.75, 3.05) is 11.9 Å². The van der Waals surface area contributed by atoms with Crippen LogP contribution in [0.5, 0.6) is 5.75 Å². The number of carbonyl (C=O) groups is 1. The van der Waals surface area contributed by atoms with Crippen LogP contribution in [0.1, 0.15) is 31.1 Å². The summed E-state index contributed by atoms with van der Waals surface area (Å²) in [5.74, 6) is 0.507. The van der Waals surface area contributed by atoms with Gasteiger partial charge in [-0.3, -0.25) is 0 Å². The minimum atomic E-state index is -1.05. The molecule has 0 fully saturated rings. The SMILES string of the molecule is CCOc1ccc(-c2ncc(C(=O)O)c(NC(C)C)n2)cc1. The van der Waals surface area contributed by atoms with Crippen molar-refractivity contribution in [3.63, 3.8) is 0 Å². The zero-order valence-electron chi connectivity index (χ0n) is 12.8. The van der Waals surface area contributed by atoms with Crippen LogP contribution in [-0.4, -0.2) is 33.7 Å². The van der Waals surface area contributed by atoms with Crippen LogP contribution in [-0.2, 0) is 0 Å². The van der Waals surface area contributed by atoms with E-state index in [0.29, 0.717) is 18.2 Å². The van der Waals surface area contributed by atoms with Crippen LogP contribution < -0.4 is 10.1 Å². The number of aromatic carboxylic acids is 1. The van der Waals surface area contributed by atoms with Gasteiger partial charge in [0.05, 0.1) is 6.61 Å². The average molecular weight is 301 g/mol. The molecule has 0 saturated heterocycles. The molecule has 0 amide bonds. The van der Waals surface area contributed by atoms with Gasteiger partial charge in [-0.25, -0.2) is 14.8 Å². The van der Waals surface area contributed by atoms with Gasteiger partial charge in [0, 0.05) is 17.8 Å². The number of anilines is 1. The Kier molecular flexibility index (Phi) is 4.93. The molecule has 0 unspecified atom stereocenters. The number of hydrogen-bond donors (Lipinski definition) is 2. The molecule has 2 rings (SSSR count). The molecule has 1 aromatic carbocycles. The van der Waals surface area contributed by atoms with Crippen LogP contribution in [0.2, 0.25) is 0 Å². The van der Waals surface area contributed by atoms with Crippen LogP contribution in [0.3, 0.4) is 0 Å². The highest BCUT2D eigenvalue weighted by molar-refractivity contribution is 5.93. The molecular weight excluding hydrogens is 282 g/mol. The van der Waals surface area contributed by atoms with Crippen LogP contribution in [0.25, 0.3) is 11.4 Å². The van der Waals surface area contributed by atoms with E-state index in [1.165, 1.54) is 6.20 Å². The molecule has 116 valence electrons. The molecule has 1 aromatic heterocycles. The van der Waals surface area contributed by atoms with Gasteiger partial charge in [-0.1, -0.05) is 0 Å². The topological polar surface area (TPSA) is 84.3 Å². The molecule has 0 radical (unpaired) electrons. The van der Waals surface area contributed by atoms with Crippen LogP contribution >= 0.6 is 0 Å². The fourth-order valence-electron chi connectivity index (χ4n) is 1.93. The molecule has 2 aromatic rings. The summed E-state index contributed by atoms with van der Waals surface area (Å²) >= 11 is 0. The first-order valence-corrected chi connectivity index (χ1v) is 7.11. The van der Waals surface area contributed by atoms with Crippen molar-refractivity contribution in [1.82, 2.24) is 9.97 Å². The van der Waals surface area contributed by atoms with Gasteiger partial charge in [0.1, 0.15) is 17.1 Å². The predicted octanol–water partition coefficient (Wildman–Crippen LogP) is 3.06. The molecule has 1 heterocycles. The number of benzene rings is 1. The van der Waals surface area contributed by atoms with Crippen LogP contribution in [0.15, 0.2) is 30.5 Å². The van der Waals surface area contributed by atoms with Gasteiger partial charge in [0.15, 0.2) is 5.82 Å². The van der Waals surface area contributed by atoms with E-state index in [1.807, 2.05) is 45.0 Å². The van der Waals surface area contributed by atoms with E-state index in [1.54, 1.807) is 0 Å². The minimum Gasteiger partial charge on any atom is -0.494 e. The Hall–Kier alpha value is -2.63. The molecule has 0 aliphatic heterocycles. The first-order chi connectivity index (χ1) is 10.5. The van der Waals surface area contributed by atoms with Gasteiger partial charge >= 0.3 is 5.97 Å². The van der Waals surface area contributed by atoms with E-state index in [-0.39, 0.29) is 11.6 Å². The number of aromatic nitrogens is 2. The standard InChI is InChI=1S/C16H19N3O3/c1-4-22-12-7-5-11(6-8-12)14-17-9-13(16(20)21)15(19-14)18-10(2)3/h5-10H,4H2,1-3H3,(H,20,21)(H,17,18,19). The first kappa shape index (κ1) is 15.8. The normalized spacial score (nSPS) is 10.5. The largest absolute Gasteiger partial charge is 0.494 e. The van der Waals surface area contributed by atoms with Crippen molar-refractivity contribution >= 4 is 11.8 Å². The number of nitrogens with one attached hydrogen (secondary N) is 1. The molecule has 6 heteroatoms. The number of carboxylic acids is 1. The van der Waals surface area contributed by atoms with Gasteiger partial charge in [-0.2, -0.15) is 0 Å². The summed E-state index contributed by atoms with van der Waals surface area (Å²) in [5, 5.41) is 12.2. The lowest BCUT2D eigenvalue weighted by Crippen LogP contribution is -2.16. The van der Waals surface area contributed by atoms with E-state index in [4.69, 9.17) is 4.74 Å². The number of nitrogens with zero attached hydrogens (tertiary/aromatic N) is 2. The highest BCUT2D eigenvalue weighted by Crippen LogP contribution is 2.22. The Bertz CT molecular complexity index is 654. The number of rotatable bonds is 6. The van der Waals surface area contributed by atoms with E-state index in [0.717, 1.165) is 11.3 Å². The Morgan fingerprint density at radius 3 is 2.55 bits per heavy atom. The fourth-order valence-corrected chi connectivity index (χ4v) is 1.93. The summed E-state index contributed by atoms with van der Waals surface area (Å²) in [6.45, 7) is 6.37. The Morgan fingerprint density at radius 2 is 2.00 bits per heavy atom. The average Bonchev–Trinajstić information content (AvgIpc) is 2.47. The van der Waals surface area contributed by atoms with Crippen molar-refractivity contribution in [1.29, 1.82) is 0 Å². The molecule has 6 nitrogen and oxygen atoms in total. The van der Waals surface area contributed by atoms with Crippen molar-refractivity contribution in [2.24, 2.45) is 0 Å². The third-order valence-electron chi connectivity index (χ3n) is 2.87. The maximum Gasteiger partial charge on any atom is 0.341 e. The summed E-state index contributed by atoms with van der Waals surface area (Å²) in [6, 6.07) is 7.44. The maximum atomic E-state index is 11.2. The molecule has 0 bridgehead atoms. The minimum absolute atomic E-state index is 0.0587. The van der Waals surface area contributed by atoms with Crippen LogP contribution in [0.4, 0.5) is 5.82 Å². The lowest BCUT2D eigenvalue weighted by molar-refractivity contribution is 0.0697. The van der Waals surface area contributed by atoms with Gasteiger partial charge in [-0.05, 0) is 45.0 Å². The van der Waals surface area contributed by atoms with E-state index in [2.05, 4.69) is 15.3 Å². The Balaban J connectivity index is 2.36. The second-order valence-corrected chi connectivity index (χ2v) is 5.02. The second-order valence-electron chi connectivity index (χ2n) is 5.02.